The molecule has 4 heteroatoms. The molecule has 0 aliphatic carbocycles. The number of rotatable bonds is 1. The van der Waals surface area contributed by atoms with Gasteiger partial charge in [0.2, 0.25) is 5.91 Å². The number of hydrogen-bond acceptors (Lipinski definition) is 1. The Hall–Kier alpha value is -0.930. The Morgan fingerprint density at radius 1 is 1.57 bits per heavy atom. The second-order valence-electron chi connectivity index (χ2n) is 3.93. The molecular formula is C10H13F2NO. The molecule has 1 amide bonds. The van der Waals surface area contributed by atoms with Crippen LogP contribution >= 0.6 is 0 Å². The van der Waals surface area contributed by atoms with E-state index < -0.39 is 6.08 Å². The summed E-state index contributed by atoms with van der Waals surface area (Å²) in [6.45, 7) is 2.06. The Balaban J connectivity index is 2.29. The van der Waals surface area contributed by atoms with E-state index in [4.69, 9.17) is 0 Å². The van der Waals surface area contributed by atoms with Crippen molar-refractivity contribution in [2.24, 2.45) is 5.92 Å². The lowest BCUT2D eigenvalue weighted by Gasteiger charge is -2.18. The minimum atomic E-state index is -1.58. The maximum absolute atomic E-state index is 12.6. The first-order chi connectivity index (χ1) is 6.65. The second kappa shape index (κ2) is 3.33. The summed E-state index contributed by atoms with van der Waals surface area (Å²) < 4.78 is 25.1. The van der Waals surface area contributed by atoms with Crippen molar-refractivity contribution >= 4 is 5.91 Å². The van der Waals surface area contributed by atoms with Crippen LogP contribution in [0.1, 0.15) is 26.2 Å². The van der Waals surface area contributed by atoms with E-state index in [1.165, 1.54) is 0 Å². The zero-order valence-corrected chi connectivity index (χ0v) is 8.09. The van der Waals surface area contributed by atoms with Crippen LogP contribution in [0.15, 0.2) is 11.7 Å². The molecule has 2 saturated heterocycles. The van der Waals surface area contributed by atoms with Crippen molar-refractivity contribution in [1.29, 1.82) is 0 Å². The van der Waals surface area contributed by atoms with E-state index in [9.17, 15) is 13.6 Å². The smallest absolute Gasteiger partial charge is 0.271 e. The average Bonchev–Trinajstić information content (AvgIpc) is 2.66. The third kappa shape index (κ3) is 1.24. The van der Waals surface area contributed by atoms with Gasteiger partial charge in [-0.1, -0.05) is 6.92 Å². The maximum atomic E-state index is 12.6. The predicted octanol–water partition coefficient (Wildman–Crippen LogP) is 2.17. The molecule has 78 valence electrons. The van der Waals surface area contributed by atoms with Crippen molar-refractivity contribution in [3.63, 3.8) is 0 Å². The number of carbonyl (C=O) groups is 1. The largest absolute Gasteiger partial charge is 0.335 e. The van der Waals surface area contributed by atoms with E-state index in [1.54, 1.807) is 4.90 Å². The summed E-state index contributed by atoms with van der Waals surface area (Å²) in [7, 11) is 0. The summed E-state index contributed by atoms with van der Waals surface area (Å²) in [4.78, 5) is 13.0. The highest BCUT2D eigenvalue weighted by molar-refractivity contribution is 5.80. The van der Waals surface area contributed by atoms with Gasteiger partial charge in [-0.2, -0.15) is 8.78 Å². The first-order valence-electron chi connectivity index (χ1n) is 4.98. The van der Waals surface area contributed by atoms with E-state index >= 15 is 0 Å². The SMILES string of the molecule is CC[C@H]1C(=C(F)F)CN2C(=O)CCC12. The van der Waals surface area contributed by atoms with Gasteiger partial charge in [-0.3, -0.25) is 4.79 Å². The van der Waals surface area contributed by atoms with E-state index in [0.717, 1.165) is 6.42 Å². The molecule has 0 N–H and O–H groups in total. The lowest BCUT2D eigenvalue weighted by atomic mass is 9.92. The molecule has 0 aromatic carbocycles. The summed E-state index contributed by atoms with van der Waals surface area (Å²) in [6, 6.07) is 0.0454. The van der Waals surface area contributed by atoms with Crippen LogP contribution in [-0.2, 0) is 4.79 Å². The molecule has 0 bridgehead atoms. The molecule has 2 aliphatic rings. The molecule has 0 saturated carbocycles. The van der Waals surface area contributed by atoms with Crippen molar-refractivity contribution in [3.05, 3.63) is 11.7 Å². The van der Waals surface area contributed by atoms with Gasteiger partial charge in [-0.05, 0) is 12.8 Å². The van der Waals surface area contributed by atoms with Crippen molar-refractivity contribution in [1.82, 2.24) is 4.90 Å². The van der Waals surface area contributed by atoms with Gasteiger partial charge in [0.25, 0.3) is 6.08 Å². The predicted molar refractivity (Wildman–Crippen MR) is 47.8 cm³/mol. The molecule has 2 nitrogen and oxygen atoms in total. The van der Waals surface area contributed by atoms with Crippen LogP contribution in [0.5, 0.6) is 0 Å². The molecule has 2 heterocycles. The number of amides is 1. The third-order valence-electron chi connectivity index (χ3n) is 3.31. The van der Waals surface area contributed by atoms with Gasteiger partial charge in [0.1, 0.15) is 0 Å². The molecule has 2 rings (SSSR count). The molecular weight excluding hydrogens is 188 g/mol. The third-order valence-corrected chi connectivity index (χ3v) is 3.31. The summed E-state index contributed by atoms with van der Waals surface area (Å²) >= 11 is 0. The van der Waals surface area contributed by atoms with E-state index in [1.807, 2.05) is 6.92 Å². The molecule has 2 aliphatic heterocycles. The van der Waals surface area contributed by atoms with Gasteiger partial charge in [-0.15, -0.1) is 0 Å². The highest BCUT2D eigenvalue weighted by Gasteiger charge is 2.44. The van der Waals surface area contributed by atoms with Gasteiger partial charge in [0.05, 0.1) is 0 Å². The first-order valence-corrected chi connectivity index (χ1v) is 4.98. The molecule has 2 atom stereocenters. The van der Waals surface area contributed by atoms with Gasteiger partial charge in [0.15, 0.2) is 0 Å². The fourth-order valence-electron chi connectivity index (χ4n) is 2.63. The fourth-order valence-corrected chi connectivity index (χ4v) is 2.63. The van der Waals surface area contributed by atoms with Crippen molar-refractivity contribution in [3.8, 4) is 0 Å². The van der Waals surface area contributed by atoms with Crippen LogP contribution in [0.4, 0.5) is 8.78 Å². The van der Waals surface area contributed by atoms with Gasteiger partial charge in [-0.25, -0.2) is 0 Å². The summed E-state index contributed by atoms with van der Waals surface area (Å²) in [5.41, 5.74) is 0.186. The molecule has 14 heavy (non-hydrogen) atoms. The quantitative estimate of drug-likeness (QED) is 0.636. The van der Waals surface area contributed by atoms with Crippen LogP contribution < -0.4 is 0 Å². The molecule has 0 radical (unpaired) electrons. The Kier molecular flexibility index (Phi) is 2.29. The summed E-state index contributed by atoms with van der Waals surface area (Å²) in [5.74, 6) is -0.0730. The number of fused-ring (bicyclic) bond motifs is 1. The standard InChI is InChI=1S/C10H13F2NO/c1-2-6-7(10(11)12)5-13-8(6)3-4-9(13)14/h6,8H,2-5H2,1H3/t6-,8?/m0/s1. The highest BCUT2D eigenvalue weighted by Crippen LogP contribution is 2.40. The topological polar surface area (TPSA) is 20.3 Å². The van der Waals surface area contributed by atoms with Crippen LogP contribution in [0.3, 0.4) is 0 Å². The van der Waals surface area contributed by atoms with Crippen LogP contribution in [0.2, 0.25) is 0 Å². The molecule has 0 spiro atoms. The monoisotopic (exact) mass is 201 g/mol. The van der Waals surface area contributed by atoms with Gasteiger partial charge in [0, 0.05) is 30.5 Å². The lowest BCUT2D eigenvalue weighted by Crippen LogP contribution is -2.29. The van der Waals surface area contributed by atoms with E-state index in [0.29, 0.717) is 12.8 Å². The number of nitrogens with zero attached hydrogens (tertiary/aromatic N) is 1. The lowest BCUT2D eigenvalue weighted by molar-refractivity contribution is -0.127. The van der Waals surface area contributed by atoms with Gasteiger partial charge >= 0.3 is 0 Å². The number of hydrogen-bond donors (Lipinski definition) is 0. The molecule has 0 aromatic heterocycles. The van der Waals surface area contributed by atoms with Crippen LogP contribution in [0, 0.1) is 5.92 Å². The Labute approximate surface area is 81.6 Å². The highest BCUT2D eigenvalue weighted by atomic mass is 19.3. The zero-order chi connectivity index (χ0) is 10.3. The minimum Gasteiger partial charge on any atom is -0.335 e. The van der Waals surface area contributed by atoms with E-state index in [2.05, 4.69) is 0 Å². The molecule has 1 unspecified atom stereocenters. The maximum Gasteiger partial charge on any atom is 0.271 e. The van der Waals surface area contributed by atoms with Crippen molar-refractivity contribution < 1.29 is 13.6 Å². The van der Waals surface area contributed by atoms with Crippen molar-refractivity contribution in [2.75, 3.05) is 6.54 Å². The van der Waals surface area contributed by atoms with Crippen molar-refractivity contribution in [2.45, 2.75) is 32.2 Å². The first kappa shape index (κ1) is 9.62. The summed E-state index contributed by atoms with van der Waals surface area (Å²) in [5, 5.41) is 0. The van der Waals surface area contributed by atoms with Crippen LogP contribution in [-0.4, -0.2) is 23.4 Å². The Morgan fingerprint density at radius 2 is 2.29 bits per heavy atom. The van der Waals surface area contributed by atoms with Gasteiger partial charge < -0.3 is 4.90 Å². The minimum absolute atomic E-state index is 0.0321. The Morgan fingerprint density at radius 3 is 2.86 bits per heavy atom. The Bertz CT molecular complexity index is 296. The average molecular weight is 201 g/mol. The van der Waals surface area contributed by atoms with E-state index in [-0.39, 0.29) is 30.0 Å². The zero-order valence-electron chi connectivity index (χ0n) is 8.09. The molecule has 0 aromatic rings. The summed E-state index contributed by atoms with van der Waals surface area (Å²) in [6.07, 6.45) is 0.386. The second-order valence-corrected chi connectivity index (χ2v) is 3.93. The van der Waals surface area contributed by atoms with Crippen LogP contribution in [0.25, 0.3) is 0 Å². The number of carbonyl (C=O) groups excluding carboxylic acids is 1. The normalized spacial score (nSPS) is 31.2. The fraction of sp³-hybridized carbons (Fsp3) is 0.700. The molecule has 2 fully saturated rings. The number of halogens is 2.